The fraction of sp³-hybridized carbons (Fsp3) is 0.778. The average Bonchev–Trinajstić information content (AvgIpc) is 2.37. The van der Waals surface area contributed by atoms with Gasteiger partial charge in [-0.1, -0.05) is 6.08 Å². The number of aliphatic hydroxyl groups is 1. The molecule has 1 aliphatic carbocycles. The van der Waals surface area contributed by atoms with Gasteiger partial charge in [0.2, 0.25) is 0 Å². The van der Waals surface area contributed by atoms with Gasteiger partial charge in [0.1, 0.15) is 0 Å². The van der Waals surface area contributed by atoms with Crippen molar-refractivity contribution in [1.82, 2.24) is 0 Å². The van der Waals surface area contributed by atoms with Crippen molar-refractivity contribution in [3.8, 4) is 0 Å². The normalized spacial score (nSPS) is 26.0. The molecule has 0 fully saturated rings. The maximum absolute atomic E-state index is 9.89. The molecule has 2 atom stereocenters. The van der Waals surface area contributed by atoms with Crippen molar-refractivity contribution in [2.24, 2.45) is 0 Å². The van der Waals surface area contributed by atoms with Crippen LogP contribution in [0.2, 0.25) is 0 Å². The summed E-state index contributed by atoms with van der Waals surface area (Å²) in [5.41, 5.74) is 0.318. The Balaban J connectivity index is 2.70. The molecule has 0 heterocycles. The molecule has 1 aliphatic rings. The summed E-state index contributed by atoms with van der Waals surface area (Å²) in [5.74, 6) is 0. The van der Waals surface area contributed by atoms with E-state index >= 15 is 0 Å². The van der Waals surface area contributed by atoms with Crippen molar-refractivity contribution < 1.29 is 5.11 Å². The molecule has 2 unspecified atom stereocenters. The Bertz CT molecular complexity index is 170. The molecule has 1 rings (SSSR count). The molecule has 2 heteroatoms. The molecule has 1 N–H and O–H groups in total. The predicted molar refractivity (Wildman–Crippen MR) is 47.9 cm³/mol. The first-order chi connectivity index (χ1) is 5.05. The van der Waals surface area contributed by atoms with Gasteiger partial charge in [0.15, 0.2) is 0 Å². The van der Waals surface area contributed by atoms with Crippen molar-refractivity contribution in [2.45, 2.75) is 44.1 Å². The number of allylic oxidation sites excluding steroid dienone is 1. The highest BCUT2D eigenvalue weighted by Gasteiger charge is 2.31. The van der Waals surface area contributed by atoms with Gasteiger partial charge in [-0.25, -0.2) is 0 Å². The highest BCUT2D eigenvalue weighted by atomic mass is 35.5. The third-order valence-electron chi connectivity index (χ3n) is 2.47. The van der Waals surface area contributed by atoms with Crippen molar-refractivity contribution in [2.75, 3.05) is 0 Å². The van der Waals surface area contributed by atoms with Crippen molar-refractivity contribution in [1.29, 1.82) is 0 Å². The summed E-state index contributed by atoms with van der Waals surface area (Å²) < 4.78 is 0. The third-order valence-corrected chi connectivity index (χ3v) is 2.89. The van der Waals surface area contributed by atoms with Gasteiger partial charge in [0, 0.05) is 0 Å². The number of alkyl halides is 1. The molecule has 64 valence electrons. The molecule has 0 radical (unpaired) electrons. The van der Waals surface area contributed by atoms with E-state index in [1.165, 1.54) is 0 Å². The van der Waals surface area contributed by atoms with Crippen LogP contribution >= 0.6 is 11.6 Å². The third kappa shape index (κ3) is 1.77. The van der Waals surface area contributed by atoms with Crippen LogP contribution in [0.4, 0.5) is 0 Å². The second-order valence-corrected chi connectivity index (χ2v) is 4.04. The Kier molecular flexibility index (Phi) is 2.61. The summed E-state index contributed by atoms with van der Waals surface area (Å²) in [6.07, 6.45) is 5.37. The minimum Gasteiger partial charge on any atom is -0.384 e. The summed E-state index contributed by atoms with van der Waals surface area (Å²) in [5, 5.41) is 9.69. The lowest BCUT2D eigenvalue weighted by Crippen LogP contribution is -2.35. The number of halogens is 1. The molecule has 0 bridgehead atoms. The van der Waals surface area contributed by atoms with E-state index in [0.717, 1.165) is 24.8 Å². The first kappa shape index (κ1) is 9.08. The number of rotatable bonds is 2. The minimum absolute atomic E-state index is 0.202. The smallest absolute Gasteiger partial charge is 0.0988 e. The van der Waals surface area contributed by atoms with Crippen LogP contribution in [-0.4, -0.2) is 16.1 Å². The van der Waals surface area contributed by atoms with Crippen LogP contribution in [0.1, 0.15) is 33.1 Å². The largest absolute Gasteiger partial charge is 0.384 e. The molecule has 0 aromatic heterocycles. The van der Waals surface area contributed by atoms with E-state index < -0.39 is 5.60 Å². The topological polar surface area (TPSA) is 20.2 Å². The molecule has 11 heavy (non-hydrogen) atoms. The summed E-state index contributed by atoms with van der Waals surface area (Å²) in [6.45, 7) is 3.63. The van der Waals surface area contributed by atoms with Crippen LogP contribution in [0.5, 0.6) is 0 Å². The predicted octanol–water partition coefficient (Wildman–Crippen LogP) is 2.48. The van der Waals surface area contributed by atoms with Crippen LogP contribution < -0.4 is 0 Å². The maximum Gasteiger partial charge on any atom is 0.0988 e. The Labute approximate surface area is 73.1 Å². The molecule has 0 aromatic carbocycles. The van der Waals surface area contributed by atoms with E-state index in [-0.39, 0.29) is 5.38 Å². The molecule has 0 amide bonds. The first-order valence-corrected chi connectivity index (χ1v) is 4.54. The zero-order valence-electron chi connectivity index (χ0n) is 7.10. The van der Waals surface area contributed by atoms with Gasteiger partial charge in [-0.05, 0) is 38.7 Å². The Morgan fingerprint density at radius 1 is 1.73 bits per heavy atom. The SMILES string of the molecule is CC(Cl)C(C)(O)C1=CCCC1. The molecule has 1 nitrogen and oxygen atoms in total. The van der Waals surface area contributed by atoms with Gasteiger partial charge in [-0.15, -0.1) is 11.6 Å². The van der Waals surface area contributed by atoms with Crippen molar-refractivity contribution in [3.63, 3.8) is 0 Å². The van der Waals surface area contributed by atoms with Gasteiger partial charge >= 0.3 is 0 Å². The molecule has 0 saturated heterocycles. The zero-order chi connectivity index (χ0) is 8.48. The molecule has 0 aromatic rings. The van der Waals surface area contributed by atoms with Crippen LogP contribution in [0.25, 0.3) is 0 Å². The summed E-state index contributed by atoms with van der Waals surface area (Å²) in [7, 11) is 0. The summed E-state index contributed by atoms with van der Waals surface area (Å²) >= 11 is 5.86. The van der Waals surface area contributed by atoms with Gasteiger partial charge in [0.25, 0.3) is 0 Å². The van der Waals surface area contributed by atoms with E-state index in [2.05, 4.69) is 6.08 Å². The molecular weight excluding hydrogens is 160 g/mol. The molecule has 0 saturated carbocycles. The van der Waals surface area contributed by atoms with Crippen LogP contribution in [0, 0.1) is 0 Å². The van der Waals surface area contributed by atoms with E-state index in [9.17, 15) is 5.11 Å². The van der Waals surface area contributed by atoms with Crippen molar-refractivity contribution >= 4 is 11.6 Å². The molecule has 0 spiro atoms. The Morgan fingerprint density at radius 3 is 2.73 bits per heavy atom. The lowest BCUT2D eigenvalue weighted by Gasteiger charge is -2.27. The Morgan fingerprint density at radius 2 is 2.36 bits per heavy atom. The quantitative estimate of drug-likeness (QED) is 0.504. The average molecular weight is 175 g/mol. The molecule has 0 aliphatic heterocycles. The Hall–Kier alpha value is -0.0100. The second kappa shape index (κ2) is 3.16. The van der Waals surface area contributed by atoms with Gasteiger partial charge in [0.05, 0.1) is 11.0 Å². The lowest BCUT2D eigenvalue weighted by atomic mass is 9.92. The van der Waals surface area contributed by atoms with Gasteiger partial charge in [-0.3, -0.25) is 0 Å². The maximum atomic E-state index is 9.89. The van der Waals surface area contributed by atoms with Crippen LogP contribution in [0.15, 0.2) is 11.6 Å². The first-order valence-electron chi connectivity index (χ1n) is 4.11. The highest BCUT2D eigenvalue weighted by Crippen LogP contribution is 2.32. The second-order valence-electron chi connectivity index (χ2n) is 3.39. The lowest BCUT2D eigenvalue weighted by molar-refractivity contribution is 0.0958. The van der Waals surface area contributed by atoms with E-state index in [0.29, 0.717) is 0 Å². The number of hydrogen-bond donors (Lipinski definition) is 1. The van der Waals surface area contributed by atoms with E-state index in [4.69, 9.17) is 11.6 Å². The zero-order valence-corrected chi connectivity index (χ0v) is 7.86. The van der Waals surface area contributed by atoms with Crippen molar-refractivity contribution in [3.05, 3.63) is 11.6 Å². The van der Waals surface area contributed by atoms with E-state index in [1.54, 1.807) is 6.92 Å². The van der Waals surface area contributed by atoms with Crippen LogP contribution in [-0.2, 0) is 0 Å². The monoisotopic (exact) mass is 174 g/mol. The fourth-order valence-electron chi connectivity index (χ4n) is 1.39. The number of hydrogen-bond acceptors (Lipinski definition) is 1. The summed E-state index contributed by atoms with van der Waals surface area (Å²) in [6, 6.07) is 0. The highest BCUT2D eigenvalue weighted by molar-refractivity contribution is 6.21. The van der Waals surface area contributed by atoms with Gasteiger partial charge in [-0.2, -0.15) is 0 Å². The fourth-order valence-corrected chi connectivity index (χ4v) is 1.53. The molecular formula is C9H15ClO. The standard InChI is InChI=1S/C9H15ClO/c1-7(10)9(2,11)8-5-3-4-6-8/h5,7,11H,3-4,6H2,1-2H3. The van der Waals surface area contributed by atoms with Gasteiger partial charge < -0.3 is 5.11 Å². The summed E-state index contributed by atoms with van der Waals surface area (Å²) in [4.78, 5) is 0. The minimum atomic E-state index is -0.794. The van der Waals surface area contributed by atoms with Crippen LogP contribution in [0.3, 0.4) is 0 Å². The van der Waals surface area contributed by atoms with E-state index in [1.807, 2.05) is 6.92 Å².